The van der Waals surface area contributed by atoms with Gasteiger partial charge < -0.3 is 15.2 Å². The van der Waals surface area contributed by atoms with E-state index in [4.69, 9.17) is 9.84 Å². The molecule has 20 heavy (non-hydrogen) atoms. The average Bonchev–Trinajstić information content (AvgIpc) is 2.46. The van der Waals surface area contributed by atoms with Crippen molar-refractivity contribution < 1.29 is 9.84 Å². The number of rotatable bonds is 6. The van der Waals surface area contributed by atoms with Gasteiger partial charge in [0.1, 0.15) is 5.75 Å². The SMILES string of the molecule is CC(C)Oc1ccc(CNc2cccc(CO)c2)cc1. The van der Waals surface area contributed by atoms with Gasteiger partial charge in [0.15, 0.2) is 0 Å². The van der Waals surface area contributed by atoms with Crippen LogP contribution in [0.2, 0.25) is 0 Å². The lowest BCUT2D eigenvalue weighted by Gasteiger charge is -2.11. The van der Waals surface area contributed by atoms with E-state index in [2.05, 4.69) is 17.4 Å². The van der Waals surface area contributed by atoms with Crippen molar-refractivity contribution in [3.8, 4) is 5.75 Å². The molecule has 0 aliphatic heterocycles. The van der Waals surface area contributed by atoms with E-state index in [1.165, 1.54) is 5.56 Å². The summed E-state index contributed by atoms with van der Waals surface area (Å²) in [5.41, 5.74) is 3.12. The van der Waals surface area contributed by atoms with Crippen molar-refractivity contribution in [2.24, 2.45) is 0 Å². The second-order valence-electron chi connectivity index (χ2n) is 5.02. The zero-order chi connectivity index (χ0) is 14.4. The van der Waals surface area contributed by atoms with Gasteiger partial charge in [-0.25, -0.2) is 0 Å². The summed E-state index contributed by atoms with van der Waals surface area (Å²) in [6.07, 6.45) is 0.195. The molecule has 0 spiro atoms. The molecule has 0 amide bonds. The van der Waals surface area contributed by atoms with Crippen molar-refractivity contribution >= 4 is 5.69 Å². The second-order valence-corrected chi connectivity index (χ2v) is 5.02. The number of aliphatic hydroxyl groups is 1. The molecule has 0 radical (unpaired) electrons. The molecular weight excluding hydrogens is 250 g/mol. The molecule has 0 bridgehead atoms. The molecule has 0 aliphatic rings. The minimum atomic E-state index is 0.0662. The molecule has 0 saturated heterocycles. The highest BCUT2D eigenvalue weighted by atomic mass is 16.5. The Morgan fingerprint density at radius 1 is 1.05 bits per heavy atom. The Morgan fingerprint density at radius 2 is 1.80 bits per heavy atom. The number of aliphatic hydroxyl groups excluding tert-OH is 1. The summed E-state index contributed by atoms with van der Waals surface area (Å²) in [6.45, 7) is 4.85. The van der Waals surface area contributed by atoms with Gasteiger partial charge in [-0.3, -0.25) is 0 Å². The van der Waals surface area contributed by atoms with Crippen LogP contribution in [-0.4, -0.2) is 11.2 Å². The van der Waals surface area contributed by atoms with Crippen LogP contribution in [0.15, 0.2) is 48.5 Å². The Kier molecular flexibility index (Phi) is 5.02. The highest BCUT2D eigenvalue weighted by Gasteiger charge is 1.99. The first-order chi connectivity index (χ1) is 9.67. The highest BCUT2D eigenvalue weighted by Crippen LogP contribution is 2.16. The minimum Gasteiger partial charge on any atom is -0.491 e. The third kappa shape index (κ3) is 4.28. The fraction of sp³-hybridized carbons (Fsp3) is 0.294. The fourth-order valence-electron chi connectivity index (χ4n) is 1.94. The highest BCUT2D eigenvalue weighted by molar-refractivity contribution is 5.46. The van der Waals surface area contributed by atoms with E-state index >= 15 is 0 Å². The fourth-order valence-corrected chi connectivity index (χ4v) is 1.94. The zero-order valence-corrected chi connectivity index (χ0v) is 12.0. The molecule has 0 saturated carbocycles. The van der Waals surface area contributed by atoms with E-state index in [0.29, 0.717) is 0 Å². The molecular formula is C17H21NO2. The summed E-state index contributed by atoms with van der Waals surface area (Å²) in [7, 11) is 0. The van der Waals surface area contributed by atoms with Crippen molar-refractivity contribution in [1.82, 2.24) is 0 Å². The van der Waals surface area contributed by atoms with Gasteiger partial charge in [0.2, 0.25) is 0 Å². The van der Waals surface area contributed by atoms with Gasteiger partial charge in [0.25, 0.3) is 0 Å². The molecule has 0 atom stereocenters. The summed E-state index contributed by atoms with van der Waals surface area (Å²) in [4.78, 5) is 0. The van der Waals surface area contributed by atoms with Crippen molar-refractivity contribution in [1.29, 1.82) is 0 Å². The van der Waals surface area contributed by atoms with Gasteiger partial charge in [-0.2, -0.15) is 0 Å². The van der Waals surface area contributed by atoms with Crippen LogP contribution in [-0.2, 0) is 13.2 Å². The maximum Gasteiger partial charge on any atom is 0.119 e. The monoisotopic (exact) mass is 271 g/mol. The lowest BCUT2D eigenvalue weighted by molar-refractivity contribution is 0.242. The topological polar surface area (TPSA) is 41.5 Å². The van der Waals surface area contributed by atoms with Gasteiger partial charge in [-0.05, 0) is 49.2 Å². The number of hydrogen-bond acceptors (Lipinski definition) is 3. The lowest BCUT2D eigenvalue weighted by atomic mass is 10.2. The molecule has 0 aromatic heterocycles. The van der Waals surface area contributed by atoms with Gasteiger partial charge in [-0.1, -0.05) is 24.3 Å². The van der Waals surface area contributed by atoms with Gasteiger partial charge >= 0.3 is 0 Å². The van der Waals surface area contributed by atoms with Crippen LogP contribution < -0.4 is 10.1 Å². The third-order valence-corrected chi connectivity index (χ3v) is 2.90. The van der Waals surface area contributed by atoms with E-state index in [-0.39, 0.29) is 12.7 Å². The molecule has 0 aliphatic carbocycles. The summed E-state index contributed by atoms with van der Waals surface area (Å²) in [5, 5.41) is 12.5. The average molecular weight is 271 g/mol. The lowest BCUT2D eigenvalue weighted by Crippen LogP contribution is -2.05. The van der Waals surface area contributed by atoms with Crippen LogP contribution >= 0.6 is 0 Å². The summed E-state index contributed by atoms with van der Waals surface area (Å²) in [5.74, 6) is 0.894. The predicted molar refractivity (Wildman–Crippen MR) is 81.9 cm³/mol. The van der Waals surface area contributed by atoms with Crippen molar-refractivity contribution in [2.75, 3.05) is 5.32 Å². The van der Waals surface area contributed by atoms with Gasteiger partial charge in [0.05, 0.1) is 12.7 Å². The van der Waals surface area contributed by atoms with Crippen LogP contribution in [0.3, 0.4) is 0 Å². The van der Waals surface area contributed by atoms with Crippen molar-refractivity contribution in [3.63, 3.8) is 0 Å². The summed E-state index contributed by atoms with van der Waals surface area (Å²) < 4.78 is 5.61. The first kappa shape index (κ1) is 14.4. The molecule has 0 heterocycles. The molecule has 106 valence electrons. The molecule has 3 heteroatoms. The van der Waals surface area contributed by atoms with E-state index < -0.39 is 0 Å². The minimum absolute atomic E-state index is 0.0662. The van der Waals surface area contributed by atoms with E-state index in [1.807, 2.05) is 50.2 Å². The first-order valence-electron chi connectivity index (χ1n) is 6.86. The van der Waals surface area contributed by atoms with Crippen LogP contribution in [0.25, 0.3) is 0 Å². The van der Waals surface area contributed by atoms with E-state index in [1.54, 1.807) is 0 Å². The smallest absolute Gasteiger partial charge is 0.119 e. The Morgan fingerprint density at radius 3 is 2.45 bits per heavy atom. The van der Waals surface area contributed by atoms with Crippen molar-refractivity contribution in [3.05, 3.63) is 59.7 Å². The molecule has 2 aromatic carbocycles. The molecule has 2 N–H and O–H groups in total. The molecule has 3 nitrogen and oxygen atoms in total. The molecule has 0 unspecified atom stereocenters. The zero-order valence-electron chi connectivity index (χ0n) is 12.0. The Balaban J connectivity index is 1.93. The Hall–Kier alpha value is -2.00. The van der Waals surface area contributed by atoms with Crippen LogP contribution in [0.4, 0.5) is 5.69 Å². The van der Waals surface area contributed by atoms with Gasteiger partial charge in [0, 0.05) is 12.2 Å². The number of anilines is 1. The largest absolute Gasteiger partial charge is 0.491 e. The van der Waals surface area contributed by atoms with E-state index in [0.717, 1.165) is 23.5 Å². The third-order valence-electron chi connectivity index (χ3n) is 2.90. The Labute approximate surface area is 120 Å². The molecule has 0 fully saturated rings. The number of hydrogen-bond donors (Lipinski definition) is 2. The summed E-state index contributed by atoms with van der Waals surface area (Å²) >= 11 is 0. The van der Waals surface area contributed by atoms with E-state index in [9.17, 15) is 0 Å². The quantitative estimate of drug-likeness (QED) is 0.843. The maximum atomic E-state index is 9.11. The van der Waals surface area contributed by atoms with Crippen LogP contribution in [0, 0.1) is 0 Å². The number of nitrogens with one attached hydrogen (secondary N) is 1. The predicted octanol–water partition coefficient (Wildman–Crippen LogP) is 3.58. The number of ether oxygens (including phenoxy) is 1. The molecule has 2 rings (SSSR count). The normalized spacial score (nSPS) is 10.6. The van der Waals surface area contributed by atoms with Crippen LogP contribution in [0.5, 0.6) is 5.75 Å². The first-order valence-corrected chi connectivity index (χ1v) is 6.86. The Bertz CT molecular complexity index is 535. The van der Waals surface area contributed by atoms with Gasteiger partial charge in [-0.15, -0.1) is 0 Å². The molecule has 2 aromatic rings. The summed E-state index contributed by atoms with van der Waals surface area (Å²) in [6, 6.07) is 15.9. The van der Waals surface area contributed by atoms with Crippen molar-refractivity contribution in [2.45, 2.75) is 33.1 Å². The van der Waals surface area contributed by atoms with Crippen LogP contribution in [0.1, 0.15) is 25.0 Å². The standard InChI is InChI=1S/C17H21NO2/c1-13(2)20-17-8-6-14(7-9-17)11-18-16-5-3-4-15(10-16)12-19/h3-10,13,18-19H,11-12H2,1-2H3. The maximum absolute atomic E-state index is 9.11. The second kappa shape index (κ2) is 6.96. The number of benzene rings is 2.